The lowest BCUT2D eigenvalue weighted by Gasteiger charge is -2.02. The summed E-state index contributed by atoms with van der Waals surface area (Å²) in [6, 6.07) is 8.91. The molecule has 0 atom stereocenters. The molecule has 2 rings (SSSR count). The van der Waals surface area contributed by atoms with Crippen LogP contribution in [0.4, 0.5) is 0 Å². The van der Waals surface area contributed by atoms with Crippen LogP contribution in [0.5, 0.6) is 5.75 Å². The fourth-order valence-electron chi connectivity index (χ4n) is 1.44. The number of carbonyl (C=O) groups excluding carboxylic acids is 1. The van der Waals surface area contributed by atoms with E-state index in [9.17, 15) is 9.90 Å². The number of hydrazone groups is 1. The number of rotatable bonds is 5. The van der Waals surface area contributed by atoms with Gasteiger partial charge >= 0.3 is 0 Å². The molecule has 0 saturated heterocycles. The van der Waals surface area contributed by atoms with Crippen LogP contribution < -0.4 is 5.43 Å². The van der Waals surface area contributed by atoms with Crippen molar-refractivity contribution < 1.29 is 9.90 Å². The minimum Gasteiger partial charge on any atom is -0.506 e. The van der Waals surface area contributed by atoms with Crippen LogP contribution in [0.1, 0.15) is 5.56 Å². The van der Waals surface area contributed by atoms with Gasteiger partial charge in [0.25, 0.3) is 0 Å². The first-order valence-corrected chi connectivity index (χ1v) is 8.67. The number of benzene rings is 1. The molecule has 22 heavy (non-hydrogen) atoms. The second-order valence-corrected chi connectivity index (χ2v) is 6.79. The Morgan fingerprint density at radius 1 is 1.36 bits per heavy atom. The second kappa shape index (κ2) is 8.30. The molecule has 0 spiro atoms. The van der Waals surface area contributed by atoms with E-state index < -0.39 is 0 Å². The van der Waals surface area contributed by atoms with Gasteiger partial charge in [-0.1, -0.05) is 17.8 Å². The van der Waals surface area contributed by atoms with Crippen LogP contribution in [0.15, 0.2) is 55.6 Å². The summed E-state index contributed by atoms with van der Waals surface area (Å²) in [5.74, 6) is 0.133. The van der Waals surface area contributed by atoms with Crippen LogP contribution in [0.3, 0.4) is 0 Å². The summed E-state index contributed by atoms with van der Waals surface area (Å²) >= 11 is 7.79. The van der Waals surface area contributed by atoms with Gasteiger partial charge in [-0.15, -0.1) is 0 Å². The number of hydrogen-bond acceptors (Lipinski definition) is 5. The topological polar surface area (TPSA) is 74.6 Å². The Morgan fingerprint density at radius 3 is 2.73 bits per heavy atom. The number of halogens is 2. The van der Waals surface area contributed by atoms with Gasteiger partial charge in [0.1, 0.15) is 5.75 Å². The smallest absolute Gasteiger partial charge is 0.250 e. The maximum absolute atomic E-state index is 11.7. The van der Waals surface area contributed by atoms with Gasteiger partial charge in [-0.2, -0.15) is 5.10 Å². The molecule has 0 aliphatic rings. The Balaban J connectivity index is 1.85. The average Bonchev–Trinajstić information content (AvgIpc) is 2.51. The van der Waals surface area contributed by atoms with Gasteiger partial charge in [-0.25, -0.2) is 10.4 Å². The highest BCUT2D eigenvalue weighted by Gasteiger charge is 2.05. The van der Waals surface area contributed by atoms with Crippen molar-refractivity contribution in [2.75, 3.05) is 5.75 Å². The molecule has 114 valence electrons. The van der Waals surface area contributed by atoms with Crippen LogP contribution in [0, 0.1) is 0 Å². The molecular weight excluding hydrogens is 434 g/mol. The lowest BCUT2D eigenvalue weighted by atomic mass is 10.2. The summed E-state index contributed by atoms with van der Waals surface area (Å²) in [7, 11) is 0. The number of pyridine rings is 1. The van der Waals surface area contributed by atoms with E-state index >= 15 is 0 Å². The highest BCUT2D eigenvalue weighted by molar-refractivity contribution is 9.11. The predicted molar refractivity (Wildman–Crippen MR) is 94.2 cm³/mol. The lowest BCUT2D eigenvalue weighted by molar-refractivity contribution is -0.118. The highest BCUT2D eigenvalue weighted by Crippen LogP contribution is 2.32. The Bertz CT molecular complexity index is 673. The van der Waals surface area contributed by atoms with Gasteiger partial charge in [-0.3, -0.25) is 4.79 Å². The van der Waals surface area contributed by atoms with E-state index in [1.165, 1.54) is 18.0 Å². The summed E-state index contributed by atoms with van der Waals surface area (Å²) in [4.78, 5) is 15.8. The van der Waals surface area contributed by atoms with Gasteiger partial charge in [-0.05, 0) is 61.7 Å². The maximum Gasteiger partial charge on any atom is 0.250 e. The van der Waals surface area contributed by atoms with E-state index in [0.717, 1.165) is 10.6 Å². The monoisotopic (exact) mass is 443 g/mol. The summed E-state index contributed by atoms with van der Waals surface area (Å²) in [6.07, 6.45) is 3.18. The van der Waals surface area contributed by atoms with Crippen molar-refractivity contribution in [3.05, 3.63) is 51.0 Å². The van der Waals surface area contributed by atoms with Gasteiger partial charge in [0, 0.05) is 6.20 Å². The number of phenols is 1. The van der Waals surface area contributed by atoms with Gasteiger partial charge < -0.3 is 5.11 Å². The van der Waals surface area contributed by atoms with Crippen LogP contribution >= 0.6 is 43.6 Å². The standard InChI is InChI=1S/C14H11Br2N3O2S/c15-10-5-9(6-11(16)14(10)21)7-18-19-12(20)8-22-13-3-1-2-4-17-13/h1-7,21H,8H2,(H,19,20)/b18-7-. The molecule has 2 aromatic rings. The molecule has 0 aliphatic carbocycles. The third kappa shape index (κ3) is 5.11. The minimum absolute atomic E-state index is 0.118. The fraction of sp³-hybridized carbons (Fsp3) is 0.0714. The number of nitrogens with one attached hydrogen (secondary N) is 1. The Kier molecular flexibility index (Phi) is 6.41. The van der Waals surface area contributed by atoms with Crippen molar-refractivity contribution in [1.82, 2.24) is 10.4 Å². The van der Waals surface area contributed by atoms with Crippen LogP contribution in [0.2, 0.25) is 0 Å². The number of phenolic OH excluding ortho intramolecular Hbond substituents is 1. The van der Waals surface area contributed by atoms with E-state index in [4.69, 9.17) is 0 Å². The molecule has 0 saturated carbocycles. The molecule has 0 fully saturated rings. The SMILES string of the molecule is O=C(CSc1ccccn1)N/N=C\c1cc(Br)c(O)c(Br)c1. The molecule has 1 amide bonds. The van der Waals surface area contributed by atoms with E-state index in [1.54, 1.807) is 18.3 Å². The third-order valence-corrected chi connectivity index (χ3v) is 4.58. The zero-order chi connectivity index (χ0) is 15.9. The van der Waals surface area contributed by atoms with Crippen LogP contribution in [-0.2, 0) is 4.79 Å². The van der Waals surface area contributed by atoms with Gasteiger partial charge in [0.05, 0.1) is 25.9 Å². The van der Waals surface area contributed by atoms with E-state index in [2.05, 4.69) is 47.4 Å². The van der Waals surface area contributed by atoms with Crippen LogP contribution in [-0.4, -0.2) is 28.0 Å². The summed E-state index contributed by atoms with van der Waals surface area (Å²) in [5, 5.41) is 14.3. The Morgan fingerprint density at radius 2 is 2.09 bits per heavy atom. The van der Waals surface area contributed by atoms with Crippen molar-refractivity contribution in [3.63, 3.8) is 0 Å². The molecule has 1 aromatic carbocycles. The highest BCUT2D eigenvalue weighted by atomic mass is 79.9. The molecule has 0 radical (unpaired) electrons. The molecule has 0 bridgehead atoms. The first-order valence-electron chi connectivity index (χ1n) is 6.10. The first-order chi connectivity index (χ1) is 10.6. The lowest BCUT2D eigenvalue weighted by Crippen LogP contribution is -2.19. The minimum atomic E-state index is -0.219. The quantitative estimate of drug-likeness (QED) is 0.420. The Hall–Kier alpha value is -1.38. The fourth-order valence-corrected chi connectivity index (χ4v) is 3.32. The van der Waals surface area contributed by atoms with Gasteiger partial charge in [0.2, 0.25) is 5.91 Å². The Labute approximate surface area is 148 Å². The van der Waals surface area contributed by atoms with Crippen molar-refractivity contribution >= 4 is 55.7 Å². The molecule has 1 aromatic heterocycles. The molecule has 8 heteroatoms. The second-order valence-electron chi connectivity index (χ2n) is 4.08. The van der Waals surface area contributed by atoms with E-state index in [0.29, 0.717) is 8.95 Å². The number of carbonyl (C=O) groups is 1. The zero-order valence-electron chi connectivity index (χ0n) is 11.2. The normalized spacial score (nSPS) is 10.8. The molecule has 5 nitrogen and oxygen atoms in total. The number of nitrogens with zero attached hydrogens (tertiary/aromatic N) is 2. The van der Waals surface area contributed by atoms with E-state index in [-0.39, 0.29) is 17.4 Å². The number of aromatic nitrogens is 1. The molecule has 0 unspecified atom stereocenters. The van der Waals surface area contributed by atoms with Crippen molar-refractivity contribution in [2.24, 2.45) is 5.10 Å². The van der Waals surface area contributed by atoms with Crippen LogP contribution in [0.25, 0.3) is 0 Å². The molecule has 0 aliphatic heterocycles. The molecule has 2 N–H and O–H groups in total. The number of amides is 1. The molecule has 1 heterocycles. The summed E-state index contributed by atoms with van der Waals surface area (Å²) < 4.78 is 1.08. The number of aromatic hydroxyl groups is 1. The zero-order valence-corrected chi connectivity index (χ0v) is 15.2. The predicted octanol–water partition coefficient (Wildman–Crippen LogP) is 3.55. The average molecular weight is 445 g/mol. The molecular formula is C14H11Br2N3O2S. The van der Waals surface area contributed by atoms with Crippen molar-refractivity contribution in [2.45, 2.75) is 5.03 Å². The van der Waals surface area contributed by atoms with Crippen molar-refractivity contribution in [3.8, 4) is 5.75 Å². The summed E-state index contributed by atoms with van der Waals surface area (Å²) in [5.41, 5.74) is 3.17. The largest absolute Gasteiger partial charge is 0.506 e. The third-order valence-electron chi connectivity index (χ3n) is 2.43. The van der Waals surface area contributed by atoms with Crippen molar-refractivity contribution in [1.29, 1.82) is 0 Å². The maximum atomic E-state index is 11.7. The first kappa shape index (κ1) is 17.0. The number of thioether (sulfide) groups is 1. The van der Waals surface area contributed by atoms with E-state index in [1.807, 2.05) is 18.2 Å². The van der Waals surface area contributed by atoms with Gasteiger partial charge in [0.15, 0.2) is 0 Å². The number of hydrogen-bond donors (Lipinski definition) is 2. The summed E-state index contributed by atoms with van der Waals surface area (Å²) in [6.45, 7) is 0.